The molecule has 2 aliphatic heterocycles. The van der Waals surface area contributed by atoms with Crippen LogP contribution in [0.25, 0.3) is 12.2 Å². The fourth-order valence-electron chi connectivity index (χ4n) is 7.44. The minimum absolute atomic E-state index is 0.0136. The average molecular weight is 1010 g/mol. The predicted octanol–water partition coefficient (Wildman–Crippen LogP) is 9.30. The van der Waals surface area contributed by atoms with Gasteiger partial charge in [0.25, 0.3) is 11.8 Å². The second kappa shape index (κ2) is 23.1. The van der Waals surface area contributed by atoms with Gasteiger partial charge in [-0.15, -0.1) is 0 Å². The van der Waals surface area contributed by atoms with Crippen LogP contribution in [0.15, 0.2) is 146 Å². The Bertz CT molecular complexity index is 2840. The summed E-state index contributed by atoms with van der Waals surface area (Å²) < 4.78 is 44.8. The maximum atomic E-state index is 13.0. The van der Waals surface area contributed by atoms with Crippen LogP contribution >= 0.6 is 23.2 Å². The lowest BCUT2D eigenvalue weighted by molar-refractivity contribution is -0.149. The van der Waals surface area contributed by atoms with E-state index < -0.39 is 60.1 Å². The van der Waals surface area contributed by atoms with Crippen molar-refractivity contribution in [3.63, 3.8) is 0 Å². The van der Waals surface area contributed by atoms with Crippen LogP contribution in [0.2, 0.25) is 10.0 Å². The van der Waals surface area contributed by atoms with Crippen molar-refractivity contribution in [3.05, 3.63) is 189 Å². The van der Waals surface area contributed by atoms with E-state index in [-0.39, 0.29) is 24.7 Å². The second-order valence-electron chi connectivity index (χ2n) is 15.9. The lowest BCUT2D eigenvalue weighted by Gasteiger charge is -2.16. The van der Waals surface area contributed by atoms with Gasteiger partial charge in [-0.3, -0.25) is 9.59 Å². The first kappa shape index (κ1) is 50.1. The molecule has 2 N–H and O–H groups in total. The van der Waals surface area contributed by atoms with Gasteiger partial charge in [-0.1, -0.05) is 23.2 Å². The number of esters is 4. The molecular weight excluding hydrogens is 971 g/mol. The molecule has 0 unspecified atom stereocenters. The molecule has 0 bridgehead atoms. The van der Waals surface area contributed by atoms with Crippen LogP contribution in [-0.2, 0) is 28.5 Å². The molecule has 18 heteroatoms. The number of hydrogen-bond acceptors (Lipinski definition) is 14. The first-order valence-corrected chi connectivity index (χ1v) is 22.7. The van der Waals surface area contributed by atoms with Gasteiger partial charge in [0.15, 0.2) is 12.2 Å². The van der Waals surface area contributed by atoms with Gasteiger partial charge in [-0.2, -0.15) is 0 Å². The number of nitrogens with one attached hydrogen (secondary N) is 2. The molecule has 0 spiro atoms. The largest absolute Gasteiger partial charge is 0.496 e. The average Bonchev–Trinajstić information content (AvgIpc) is 3.98. The number of halogens is 2. The number of benzene rings is 6. The summed E-state index contributed by atoms with van der Waals surface area (Å²) in [6, 6.07) is 34.4. The number of amides is 2. The lowest BCUT2D eigenvalue weighted by atomic mass is 10.1. The predicted molar refractivity (Wildman–Crippen MR) is 265 cm³/mol. The summed E-state index contributed by atoms with van der Waals surface area (Å²) >= 11 is 11.8. The fraction of sp³-hybridized carbons (Fsp3) is 0.148. The Balaban J connectivity index is 0.780. The standard InChI is InChI=1S/C54H42Cl2N2O14/c1-65-43-27-39(57-51(61)33-9-21-41(22-10-33)69-53(63)35-3-15-37(55)16-4-35)19-7-31(43)13-25-47(59)71-45-29-67-50-46(30-68-49(45)50)72-48(60)26-14-32-8-20-40(28-44(32)66-2)58-52(62)34-11-23-42(24-12-34)70-54(64)36-5-17-38(56)18-6-36/h3-28,45-46,49-50H,29-30H2,1-2H3,(H,57,61)(H,58,62)/b25-13+,26-14+/t45-,46+,49-,50-/m1/s1. The van der Waals surface area contributed by atoms with Crippen LogP contribution in [0.5, 0.6) is 23.0 Å². The van der Waals surface area contributed by atoms with E-state index in [1.807, 2.05) is 0 Å². The number of ether oxygens (including phenoxy) is 8. The molecule has 72 heavy (non-hydrogen) atoms. The molecule has 0 radical (unpaired) electrons. The number of fused-ring (bicyclic) bond motifs is 1. The maximum absolute atomic E-state index is 13.0. The molecule has 2 amide bonds. The fourth-order valence-corrected chi connectivity index (χ4v) is 7.69. The van der Waals surface area contributed by atoms with Gasteiger partial charge in [-0.25, -0.2) is 19.2 Å². The van der Waals surface area contributed by atoms with Crippen molar-refractivity contribution in [2.75, 3.05) is 38.1 Å². The summed E-state index contributed by atoms with van der Waals surface area (Å²) in [4.78, 5) is 76.8. The number of hydrogen-bond donors (Lipinski definition) is 2. The minimum Gasteiger partial charge on any atom is -0.496 e. The second-order valence-corrected chi connectivity index (χ2v) is 16.7. The molecule has 6 aromatic rings. The van der Waals surface area contributed by atoms with E-state index in [2.05, 4.69) is 10.6 Å². The van der Waals surface area contributed by atoms with Crippen LogP contribution in [0.4, 0.5) is 11.4 Å². The third kappa shape index (κ3) is 12.7. The zero-order chi connectivity index (χ0) is 50.7. The lowest BCUT2D eigenvalue weighted by Crippen LogP contribution is -2.35. The van der Waals surface area contributed by atoms with E-state index >= 15 is 0 Å². The van der Waals surface area contributed by atoms with Crippen molar-refractivity contribution < 1.29 is 66.7 Å². The van der Waals surface area contributed by atoms with Gasteiger partial charge in [-0.05, 0) is 133 Å². The van der Waals surface area contributed by atoms with Crippen molar-refractivity contribution >= 4 is 82.4 Å². The minimum atomic E-state index is -0.774. The topological polar surface area (TPSA) is 200 Å². The molecule has 366 valence electrons. The molecule has 2 fully saturated rings. The smallest absolute Gasteiger partial charge is 0.343 e. The molecular formula is C54H42Cl2N2O14. The number of rotatable bonds is 16. The first-order valence-electron chi connectivity index (χ1n) is 22.0. The van der Waals surface area contributed by atoms with Gasteiger partial charge in [0.2, 0.25) is 0 Å². The quantitative estimate of drug-likeness (QED) is 0.0528. The van der Waals surface area contributed by atoms with Crippen LogP contribution in [0.3, 0.4) is 0 Å². The number of carbonyl (C=O) groups is 6. The van der Waals surface area contributed by atoms with Gasteiger partial charge in [0.05, 0.1) is 38.6 Å². The first-order chi connectivity index (χ1) is 34.8. The Labute approximate surface area is 421 Å². The summed E-state index contributed by atoms with van der Waals surface area (Å²) in [6.07, 6.45) is 2.54. The van der Waals surface area contributed by atoms with Gasteiger partial charge in [0.1, 0.15) is 35.2 Å². The van der Waals surface area contributed by atoms with Crippen molar-refractivity contribution in [3.8, 4) is 23.0 Å². The van der Waals surface area contributed by atoms with Gasteiger partial charge < -0.3 is 48.5 Å². The highest BCUT2D eigenvalue weighted by molar-refractivity contribution is 6.31. The van der Waals surface area contributed by atoms with Gasteiger partial charge >= 0.3 is 23.9 Å². The molecule has 2 aliphatic rings. The number of methoxy groups -OCH3 is 2. The Morgan fingerprint density at radius 2 is 0.861 bits per heavy atom. The molecule has 2 heterocycles. The van der Waals surface area contributed by atoms with Crippen LogP contribution in [-0.4, -0.2) is 87.5 Å². The van der Waals surface area contributed by atoms with Crippen molar-refractivity contribution in [1.82, 2.24) is 0 Å². The molecule has 16 nitrogen and oxygen atoms in total. The zero-order valence-electron chi connectivity index (χ0n) is 38.2. The van der Waals surface area contributed by atoms with E-state index in [4.69, 9.17) is 61.1 Å². The van der Waals surface area contributed by atoms with Crippen LogP contribution in [0, 0.1) is 0 Å². The molecule has 2 saturated heterocycles. The number of carbonyl (C=O) groups excluding carboxylic acids is 6. The molecule has 8 rings (SSSR count). The van der Waals surface area contributed by atoms with E-state index in [0.717, 1.165) is 0 Å². The van der Waals surface area contributed by atoms with Gasteiger partial charge in [0, 0.05) is 68.0 Å². The van der Waals surface area contributed by atoms with E-state index in [1.165, 1.54) is 87.1 Å². The molecule has 0 saturated carbocycles. The summed E-state index contributed by atoms with van der Waals surface area (Å²) in [7, 11) is 2.89. The summed E-state index contributed by atoms with van der Waals surface area (Å²) in [5.74, 6) is -2.11. The summed E-state index contributed by atoms with van der Waals surface area (Å²) in [5, 5.41) is 6.57. The van der Waals surface area contributed by atoms with E-state index in [0.29, 0.717) is 66.3 Å². The van der Waals surface area contributed by atoms with Crippen molar-refractivity contribution in [1.29, 1.82) is 0 Å². The van der Waals surface area contributed by atoms with Crippen molar-refractivity contribution in [2.24, 2.45) is 0 Å². The highest BCUT2D eigenvalue weighted by Crippen LogP contribution is 2.32. The van der Waals surface area contributed by atoms with E-state index in [1.54, 1.807) is 84.9 Å². The Morgan fingerprint density at radius 1 is 0.500 bits per heavy atom. The highest BCUT2D eigenvalue weighted by Gasteiger charge is 2.51. The summed E-state index contributed by atoms with van der Waals surface area (Å²) in [6.45, 7) is 0.0273. The third-order valence-electron chi connectivity index (χ3n) is 11.1. The van der Waals surface area contributed by atoms with Crippen LogP contribution < -0.4 is 29.6 Å². The third-order valence-corrected chi connectivity index (χ3v) is 11.6. The zero-order valence-corrected chi connectivity index (χ0v) is 39.7. The molecule has 0 aromatic heterocycles. The normalized spacial score (nSPS) is 16.9. The SMILES string of the molecule is COc1cc(NC(=O)c2ccc(OC(=O)c3ccc(Cl)cc3)cc2)ccc1/C=C/C(=O)O[C@H]1CO[C@H]2[C@@H]1OC[C@H]2OC(=O)/C=C/c1ccc(NC(=O)c2ccc(OC(=O)c3ccc(Cl)cc3)cc2)cc1OC. The Hall–Kier alpha value is -8.28. The monoisotopic (exact) mass is 1010 g/mol. The molecule has 4 atom stereocenters. The van der Waals surface area contributed by atoms with E-state index in [9.17, 15) is 28.8 Å². The molecule has 6 aromatic carbocycles. The van der Waals surface area contributed by atoms with Crippen molar-refractivity contribution in [2.45, 2.75) is 24.4 Å². The summed E-state index contributed by atoms with van der Waals surface area (Å²) in [5.41, 5.74) is 3.16. The Kier molecular flexibility index (Phi) is 16.1. The maximum Gasteiger partial charge on any atom is 0.343 e. The molecule has 0 aliphatic carbocycles. The number of anilines is 2. The Morgan fingerprint density at radius 3 is 1.22 bits per heavy atom. The van der Waals surface area contributed by atoms with Crippen LogP contribution in [0.1, 0.15) is 52.6 Å². The highest BCUT2D eigenvalue weighted by atomic mass is 35.5.